The smallest absolute Gasteiger partial charge is 0.221 e. The van der Waals surface area contributed by atoms with Gasteiger partial charge in [0.15, 0.2) is 0 Å². The van der Waals surface area contributed by atoms with Gasteiger partial charge in [-0.2, -0.15) is 0 Å². The largest absolute Gasteiger partial charge is 0.369 e. The number of rotatable bonds is 2. The van der Waals surface area contributed by atoms with Crippen LogP contribution in [0.3, 0.4) is 0 Å². The van der Waals surface area contributed by atoms with Gasteiger partial charge in [0, 0.05) is 10.9 Å². The molecule has 2 nitrogen and oxygen atoms in total. The van der Waals surface area contributed by atoms with Crippen molar-refractivity contribution in [2.75, 3.05) is 0 Å². The Labute approximate surface area is 94.4 Å². The molecule has 0 aromatic heterocycles. The first-order chi connectivity index (χ1) is 6.94. The highest BCUT2D eigenvalue weighted by atomic mass is 35.5. The third-order valence-electron chi connectivity index (χ3n) is 3.34. The van der Waals surface area contributed by atoms with E-state index in [1.807, 2.05) is 24.3 Å². The van der Waals surface area contributed by atoms with E-state index in [1.165, 1.54) is 0 Å². The molecule has 1 aromatic rings. The number of carbonyl (C=O) groups is 1. The summed E-state index contributed by atoms with van der Waals surface area (Å²) in [7, 11) is 0. The van der Waals surface area contributed by atoms with E-state index >= 15 is 0 Å². The molecule has 1 amide bonds. The molecule has 0 radical (unpaired) electrons. The molecule has 0 heterocycles. The van der Waals surface area contributed by atoms with E-state index in [0.717, 1.165) is 5.56 Å². The fourth-order valence-corrected chi connectivity index (χ4v) is 2.69. The highest BCUT2D eigenvalue weighted by Gasteiger charge is 2.61. The van der Waals surface area contributed by atoms with Crippen LogP contribution in [0.2, 0.25) is 5.02 Å². The van der Waals surface area contributed by atoms with E-state index in [2.05, 4.69) is 13.8 Å². The molecule has 1 aromatic carbocycles. The summed E-state index contributed by atoms with van der Waals surface area (Å²) in [5.74, 6) is -0.0605. The Morgan fingerprint density at radius 1 is 1.47 bits per heavy atom. The lowest BCUT2D eigenvalue weighted by Gasteiger charge is -2.02. The van der Waals surface area contributed by atoms with Crippen LogP contribution in [0.25, 0.3) is 0 Å². The lowest BCUT2D eigenvalue weighted by atomic mass is 10.0. The van der Waals surface area contributed by atoms with Gasteiger partial charge in [-0.05, 0) is 23.1 Å². The predicted octanol–water partition coefficient (Wildman–Crippen LogP) is 2.56. The molecule has 1 fully saturated rings. The highest BCUT2D eigenvalue weighted by Crippen LogP contribution is 2.64. The van der Waals surface area contributed by atoms with Gasteiger partial charge in [0.25, 0.3) is 0 Å². The number of hydrogen-bond donors (Lipinski definition) is 1. The first kappa shape index (κ1) is 10.5. The Morgan fingerprint density at radius 2 is 2.13 bits per heavy atom. The fraction of sp³-hybridized carbons (Fsp3) is 0.417. The summed E-state index contributed by atoms with van der Waals surface area (Å²) < 4.78 is 0. The van der Waals surface area contributed by atoms with Crippen molar-refractivity contribution >= 4 is 17.5 Å². The van der Waals surface area contributed by atoms with Gasteiger partial charge >= 0.3 is 0 Å². The van der Waals surface area contributed by atoms with Crippen molar-refractivity contribution in [2.24, 2.45) is 17.1 Å². The lowest BCUT2D eigenvalue weighted by Crippen LogP contribution is -2.16. The van der Waals surface area contributed by atoms with Crippen LogP contribution < -0.4 is 5.73 Å². The van der Waals surface area contributed by atoms with Gasteiger partial charge in [-0.3, -0.25) is 4.79 Å². The molecular formula is C12H14ClNO. The average Bonchev–Trinajstić information content (AvgIpc) is 2.69. The van der Waals surface area contributed by atoms with Crippen LogP contribution in [0.4, 0.5) is 0 Å². The van der Waals surface area contributed by atoms with Crippen molar-refractivity contribution in [1.82, 2.24) is 0 Å². The number of halogens is 1. The Hall–Kier alpha value is -1.02. The van der Waals surface area contributed by atoms with Crippen molar-refractivity contribution < 1.29 is 4.79 Å². The summed E-state index contributed by atoms with van der Waals surface area (Å²) >= 11 is 5.92. The first-order valence-electron chi connectivity index (χ1n) is 4.99. The number of nitrogens with two attached hydrogens (primary N) is 1. The van der Waals surface area contributed by atoms with Crippen molar-refractivity contribution in [3.05, 3.63) is 34.9 Å². The molecule has 1 saturated carbocycles. The minimum atomic E-state index is -0.218. The van der Waals surface area contributed by atoms with Crippen molar-refractivity contribution in [3.8, 4) is 0 Å². The molecule has 15 heavy (non-hydrogen) atoms. The zero-order valence-electron chi connectivity index (χ0n) is 8.83. The van der Waals surface area contributed by atoms with Crippen LogP contribution in [0.15, 0.2) is 24.3 Å². The third-order valence-corrected chi connectivity index (χ3v) is 3.58. The summed E-state index contributed by atoms with van der Waals surface area (Å²) in [6.45, 7) is 4.13. The van der Waals surface area contributed by atoms with E-state index < -0.39 is 0 Å². The maximum absolute atomic E-state index is 11.2. The fourth-order valence-electron chi connectivity index (χ4n) is 2.49. The normalized spacial score (nSPS) is 27.4. The summed E-state index contributed by atoms with van der Waals surface area (Å²) in [5.41, 5.74) is 6.44. The standard InChI is InChI=1S/C12H14ClNO/c1-12(2)9(10(12)11(14)15)7-4-3-5-8(13)6-7/h3-6,9-10H,1-2H3,(H2,14,15)/t9-,10+/m0/s1. The van der Waals surface area contributed by atoms with Gasteiger partial charge in [0.2, 0.25) is 5.91 Å². The van der Waals surface area contributed by atoms with E-state index in [4.69, 9.17) is 17.3 Å². The minimum Gasteiger partial charge on any atom is -0.369 e. The second-order valence-corrected chi connectivity index (χ2v) is 5.17. The zero-order valence-corrected chi connectivity index (χ0v) is 9.58. The van der Waals surface area contributed by atoms with Crippen molar-refractivity contribution in [3.63, 3.8) is 0 Å². The molecule has 0 spiro atoms. The number of carbonyl (C=O) groups excluding carboxylic acids is 1. The van der Waals surface area contributed by atoms with Crippen molar-refractivity contribution in [1.29, 1.82) is 0 Å². The van der Waals surface area contributed by atoms with Crippen LogP contribution in [-0.4, -0.2) is 5.91 Å². The van der Waals surface area contributed by atoms with Gasteiger partial charge in [-0.15, -0.1) is 0 Å². The van der Waals surface area contributed by atoms with E-state index in [1.54, 1.807) is 0 Å². The SMILES string of the molecule is CC1(C)[C@@H](C(N)=O)[C@@H]1c1cccc(Cl)c1. The topological polar surface area (TPSA) is 43.1 Å². The van der Waals surface area contributed by atoms with E-state index in [0.29, 0.717) is 5.02 Å². The van der Waals surface area contributed by atoms with Gasteiger partial charge < -0.3 is 5.73 Å². The van der Waals surface area contributed by atoms with Crippen LogP contribution in [-0.2, 0) is 4.79 Å². The van der Waals surface area contributed by atoms with Gasteiger partial charge in [-0.1, -0.05) is 37.6 Å². The van der Waals surface area contributed by atoms with Crippen LogP contribution >= 0.6 is 11.6 Å². The van der Waals surface area contributed by atoms with Crippen LogP contribution in [0, 0.1) is 11.3 Å². The summed E-state index contributed by atoms with van der Waals surface area (Å²) in [5, 5.41) is 0.707. The summed E-state index contributed by atoms with van der Waals surface area (Å²) in [6.07, 6.45) is 0. The van der Waals surface area contributed by atoms with E-state index in [-0.39, 0.29) is 23.2 Å². The highest BCUT2D eigenvalue weighted by molar-refractivity contribution is 6.30. The number of benzene rings is 1. The Balaban J connectivity index is 2.31. The Bertz CT molecular complexity index is 414. The average molecular weight is 224 g/mol. The molecule has 1 aliphatic rings. The molecule has 2 rings (SSSR count). The monoisotopic (exact) mass is 223 g/mol. The number of amides is 1. The van der Waals surface area contributed by atoms with Crippen molar-refractivity contribution in [2.45, 2.75) is 19.8 Å². The summed E-state index contributed by atoms with van der Waals surface area (Å²) in [6, 6.07) is 7.65. The lowest BCUT2D eigenvalue weighted by molar-refractivity contribution is -0.119. The second-order valence-electron chi connectivity index (χ2n) is 4.73. The number of hydrogen-bond acceptors (Lipinski definition) is 1. The van der Waals surface area contributed by atoms with E-state index in [9.17, 15) is 4.79 Å². The Morgan fingerprint density at radius 3 is 2.60 bits per heavy atom. The van der Waals surface area contributed by atoms with Gasteiger partial charge in [0.1, 0.15) is 0 Å². The molecule has 3 heteroatoms. The van der Waals surface area contributed by atoms with Gasteiger partial charge in [-0.25, -0.2) is 0 Å². The molecule has 2 atom stereocenters. The molecular weight excluding hydrogens is 210 g/mol. The second kappa shape index (κ2) is 3.24. The van der Waals surface area contributed by atoms with Crippen LogP contribution in [0.5, 0.6) is 0 Å². The quantitative estimate of drug-likeness (QED) is 0.823. The zero-order chi connectivity index (χ0) is 11.2. The maximum Gasteiger partial charge on any atom is 0.221 e. The maximum atomic E-state index is 11.2. The molecule has 0 bridgehead atoms. The summed E-state index contributed by atoms with van der Waals surface area (Å²) in [4.78, 5) is 11.2. The molecule has 2 N–H and O–H groups in total. The molecule has 1 aliphatic carbocycles. The molecule has 80 valence electrons. The first-order valence-corrected chi connectivity index (χ1v) is 5.37. The van der Waals surface area contributed by atoms with Crippen LogP contribution in [0.1, 0.15) is 25.3 Å². The molecule has 0 unspecified atom stereocenters. The van der Waals surface area contributed by atoms with Gasteiger partial charge in [0.05, 0.1) is 5.92 Å². The third kappa shape index (κ3) is 1.63. The number of primary amides is 1. The molecule has 0 saturated heterocycles. The Kier molecular flexibility index (Phi) is 2.27. The predicted molar refractivity (Wildman–Crippen MR) is 60.7 cm³/mol. The minimum absolute atomic E-state index is 0.0312. The molecule has 0 aliphatic heterocycles.